The van der Waals surface area contributed by atoms with Crippen LogP contribution in [0.1, 0.15) is 5.56 Å². The van der Waals surface area contributed by atoms with Gasteiger partial charge >= 0.3 is 6.03 Å². The van der Waals surface area contributed by atoms with Crippen LogP contribution >= 0.6 is 23.2 Å². The number of nitrogens with zero attached hydrogens (tertiary/aromatic N) is 3. The number of aromatic nitrogens is 2. The molecular formula is C15H16Cl2N4O2. The number of carbonyl (C=O) groups excluding carboxylic acids is 1. The molecule has 1 saturated heterocycles. The molecule has 1 fully saturated rings. The van der Waals surface area contributed by atoms with E-state index in [0.717, 1.165) is 5.56 Å². The quantitative estimate of drug-likeness (QED) is 0.921. The number of ether oxygens (including phenoxy) is 1. The van der Waals surface area contributed by atoms with Crippen molar-refractivity contribution in [3.63, 3.8) is 0 Å². The molecule has 0 atom stereocenters. The summed E-state index contributed by atoms with van der Waals surface area (Å²) in [5, 5.41) is 8.23. The van der Waals surface area contributed by atoms with Gasteiger partial charge < -0.3 is 9.64 Å². The summed E-state index contributed by atoms with van der Waals surface area (Å²) < 4.78 is 6.90. The van der Waals surface area contributed by atoms with Crippen molar-refractivity contribution in [1.29, 1.82) is 0 Å². The van der Waals surface area contributed by atoms with Crippen molar-refractivity contribution in [2.24, 2.45) is 0 Å². The van der Waals surface area contributed by atoms with E-state index in [1.54, 1.807) is 40.0 Å². The van der Waals surface area contributed by atoms with Gasteiger partial charge in [0.15, 0.2) is 0 Å². The van der Waals surface area contributed by atoms with Crippen LogP contribution in [-0.4, -0.2) is 47.0 Å². The minimum Gasteiger partial charge on any atom is -0.378 e. The number of carbonyl (C=O) groups is 1. The van der Waals surface area contributed by atoms with Crippen molar-refractivity contribution in [2.75, 3.05) is 31.6 Å². The summed E-state index contributed by atoms with van der Waals surface area (Å²) in [6.07, 6.45) is 1.62. The van der Waals surface area contributed by atoms with Crippen LogP contribution in [0.3, 0.4) is 0 Å². The van der Waals surface area contributed by atoms with E-state index in [2.05, 4.69) is 10.4 Å². The largest absolute Gasteiger partial charge is 0.378 e. The van der Waals surface area contributed by atoms with Gasteiger partial charge in [0.1, 0.15) is 5.82 Å². The number of urea groups is 1. The summed E-state index contributed by atoms with van der Waals surface area (Å²) in [6, 6.07) is 6.91. The third-order valence-electron chi connectivity index (χ3n) is 3.62. The molecule has 6 nitrogen and oxygen atoms in total. The van der Waals surface area contributed by atoms with Gasteiger partial charge in [-0.25, -0.2) is 9.48 Å². The Balaban J connectivity index is 1.73. The Kier molecular flexibility index (Phi) is 5.05. The third-order valence-corrected chi connectivity index (χ3v) is 4.33. The molecule has 0 aliphatic carbocycles. The number of benzene rings is 1. The molecule has 2 heterocycles. The topological polar surface area (TPSA) is 59.4 Å². The molecule has 0 radical (unpaired) electrons. The first-order valence-corrected chi connectivity index (χ1v) is 7.99. The SMILES string of the molecule is O=C(Nc1ccnn1Cc1c(Cl)cccc1Cl)N1CCOCC1. The van der Waals surface area contributed by atoms with Crippen molar-refractivity contribution >= 4 is 35.1 Å². The molecule has 0 bridgehead atoms. The van der Waals surface area contributed by atoms with Crippen LogP contribution in [0.15, 0.2) is 30.5 Å². The van der Waals surface area contributed by atoms with E-state index in [-0.39, 0.29) is 6.03 Å². The Labute approximate surface area is 143 Å². The summed E-state index contributed by atoms with van der Waals surface area (Å²) in [5.74, 6) is 0.595. The van der Waals surface area contributed by atoms with Gasteiger partial charge in [-0.1, -0.05) is 29.3 Å². The molecule has 1 aromatic carbocycles. The maximum absolute atomic E-state index is 12.3. The molecule has 1 aliphatic rings. The molecule has 1 N–H and O–H groups in total. The van der Waals surface area contributed by atoms with E-state index >= 15 is 0 Å². The molecule has 1 aliphatic heterocycles. The van der Waals surface area contributed by atoms with Crippen LogP contribution in [0.4, 0.5) is 10.6 Å². The van der Waals surface area contributed by atoms with Crippen LogP contribution in [0.25, 0.3) is 0 Å². The second-order valence-corrected chi connectivity index (χ2v) is 5.92. The number of anilines is 1. The first-order chi connectivity index (χ1) is 11.1. The summed E-state index contributed by atoms with van der Waals surface area (Å²) >= 11 is 12.4. The van der Waals surface area contributed by atoms with Crippen molar-refractivity contribution in [2.45, 2.75) is 6.54 Å². The second kappa shape index (κ2) is 7.21. The fourth-order valence-electron chi connectivity index (χ4n) is 2.35. The van der Waals surface area contributed by atoms with Crippen LogP contribution < -0.4 is 5.32 Å². The normalized spacial score (nSPS) is 14.8. The molecule has 122 valence electrons. The molecule has 0 saturated carbocycles. The molecule has 2 aromatic rings. The highest BCUT2D eigenvalue weighted by molar-refractivity contribution is 6.35. The lowest BCUT2D eigenvalue weighted by atomic mass is 10.2. The fraction of sp³-hybridized carbons (Fsp3) is 0.333. The minimum atomic E-state index is -0.166. The number of hydrogen-bond donors (Lipinski definition) is 1. The molecule has 1 aromatic heterocycles. The van der Waals surface area contributed by atoms with Crippen molar-refractivity contribution < 1.29 is 9.53 Å². The zero-order valence-electron chi connectivity index (χ0n) is 12.3. The van der Waals surface area contributed by atoms with Gasteiger partial charge in [0.25, 0.3) is 0 Å². The molecule has 2 amide bonds. The molecular weight excluding hydrogens is 339 g/mol. The van der Waals surface area contributed by atoms with Crippen molar-refractivity contribution in [1.82, 2.24) is 14.7 Å². The monoisotopic (exact) mass is 354 g/mol. The lowest BCUT2D eigenvalue weighted by Gasteiger charge is -2.27. The average Bonchev–Trinajstić information content (AvgIpc) is 2.99. The van der Waals surface area contributed by atoms with Crippen LogP contribution in [0.5, 0.6) is 0 Å². The second-order valence-electron chi connectivity index (χ2n) is 5.10. The number of nitrogens with one attached hydrogen (secondary N) is 1. The predicted molar refractivity (Wildman–Crippen MR) is 89.2 cm³/mol. The predicted octanol–water partition coefficient (Wildman–Crippen LogP) is 3.10. The maximum Gasteiger partial charge on any atom is 0.323 e. The molecule has 8 heteroatoms. The van der Waals surface area contributed by atoms with E-state index < -0.39 is 0 Å². The Morgan fingerprint density at radius 1 is 1.22 bits per heavy atom. The van der Waals surface area contributed by atoms with Gasteiger partial charge in [0.05, 0.1) is 26.0 Å². The number of morpholine rings is 1. The van der Waals surface area contributed by atoms with E-state index in [1.165, 1.54) is 0 Å². The third kappa shape index (κ3) is 3.77. The number of amides is 2. The molecule has 3 rings (SSSR count). The number of hydrogen-bond acceptors (Lipinski definition) is 3. The van der Waals surface area contributed by atoms with E-state index in [1.807, 2.05) is 0 Å². The van der Waals surface area contributed by atoms with Crippen molar-refractivity contribution in [3.05, 3.63) is 46.1 Å². The number of halogens is 2. The first-order valence-electron chi connectivity index (χ1n) is 7.23. The summed E-state index contributed by atoms with van der Waals surface area (Å²) in [4.78, 5) is 14.0. The lowest BCUT2D eigenvalue weighted by Crippen LogP contribution is -2.43. The fourth-order valence-corrected chi connectivity index (χ4v) is 2.87. The standard InChI is InChI=1S/C15H16Cl2N4O2/c16-12-2-1-3-13(17)11(12)10-21-14(4-5-18-21)19-15(22)20-6-8-23-9-7-20/h1-5H,6-10H2,(H,19,22). The molecule has 23 heavy (non-hydrogen) atoms. The lowest BCUT2D eigenvalue weighted by molar-refractivity contribution is 0.0564. The minimum absolute atomic E-state index is 0.166. The number of rotatable bonds is 3. The summed E-state index contributed by atoms with van der Waals surface area (Å²) in [6.45, 7) is 2.65. The highest BCUT2D eigenvalue weighted by Crippen LogP contribution is 2.26. The Hall–Kier alpha value is -1.76. The zero-order chi connectivity index (χ0) is 16.2. The van der Waals surface area contributed by atoms with E-state index in [0.29, 0.717) is 48.7 Å². The van der Waals surface area contributed by atoms with Gasteiger partial charge in [-0.05, 0) is 12.1 Å². The van der Waals surface area contributed by atoms with Gasteiger partial charge in [0, 0.05) is 34.8 Å². The maximum atomic E-state index is 12.3. The zero-order valence-corrected chi connectivity index (χ0v) is 13.8. The van der Waals surface area contributed by atoms with E-state index in [9.17, 15) is 4.79 Å². The van der Waals surface area contributed by atoms with Crippen LogP contribution in [0, 0.1) is 0 Å². The highest BCUT2D eigenvalue weighted by Gasteiger charge is 2.18. The smallest absolute Gasteiger partial charge is 0.323 e. The van der Waals surface area contributed by atoms with Gasteiger partial charge in [-0.15, -0.1) is 0 Å². The summed E-state index contributed by atoms with van der Waals surface area (Å²) in [5.41, 5.74) is 0.765. The Morgan fingerprint density at radius 2 is 1.91 bits per heavy atom. The summed E-state index contributed by atoms with van der Waals surface area (Å²) in [7, 11) is 0. The first kappa shape index (κ1) is 16.1. The van der Waals surface area contributed by atoms with Crippen molar-refractivity contribution in [3.8, 4) is 0 Å². The van der Waals surface area contributed by atoms with Crippen LogP contribution in [-0.2, 0) is 11.3 Å². The van der Waals surface area contributed by atoms with Crippen LogP contribution in [0.2, 0.25) is 10.0 Å². The Morgan fingerprint density at radius 3 is 2.61 bits per heavy atom. The van der Waals surface area contributed by atoms with Gasteiger partial charge in [-0.3, -0.25) is 5.32 Å². The van der Waals surface area contributed by atoms with Gasteiger partial charge in [0.2, 0.25) is 0 Å². The van der Waals surface area contributed by atoms with E-state index in [4.69, 9.17) is 27.9 Å². The molecule has 0 unspecified atom stereocenters. The Bertz CT molecular complexity index is 678. The highest BCUT2D eigenvalue weighted by atomic mass is 35.5. The average molecular weight is 355 g/mol. The van der Waals surface area contributed by atoms with Gasteiger partial charge in [-0.2, -0.15) is 5.10 Å². The molecule has 0 spiro atoms.